The second-order valence-electron chi connectivity index (χ2n) is 4.47. The van der Waals surface area contributed by atoms with Crippen LogP contribution in [0.1, 0.15) is 31.8 Å². The van der Waals surface area contributed by atoms with Crippen LogP contribution in [0, 0.1) is 0 Å². The Morgan fingerprint density at radius 3 is 2.25 bits per heavy atom. The molecule has 0 saturated carbocycles. The van der Waals surface area contributed by atoms with Crippen LogP contribution in [0.3, 0.4) is 0 Å². The van der Waals surface area contributed by atoms with Gasteiger partial charge in [0.25, 0.3) is 0 Å². The van der Waals surface area contributed by atoms with E-state index in [4.69, 9.17) is 8.19 Å². The lowest BCUT2D eigenvalue weighted by atomic mass is 9.84. The standard InChI is InChI=1S/C14H6O5Si/c15-12-7-3-1-2-4-8(7)13(16)11-9(12)5-6-10-14(11)19-20(17)18-10/h1-6H. The number of benzene rings is 2. The molecule has 0 saturated heterocycles. The third kappa shape index (κ3) is 1.31. The molecule has 2 aromatic carbocycles. The van der Waals surface area contributed by atoms with Gasteiger partial charge in [-0.05, 0) is 12.1 Å². The van der Waals surface area contributed by atoms with Gasteiger partial charge >= 0.3 is 8.80 Å². The summed E-state index contributed by atoms with van der Waals surface area (Å²) in [5.74, 6) is -0.555. The molecule has 1 heterocycles. The Bertz CT molecular complexity index is 963. The largest absolute Gasteiger partial charge is 0.778 e. The maximum Gasteiger partial charge on any atom is 0.778 e. The van der Waals surface area contributed by atoms with Gasteiger partial charge in [-0.3, -0.25) is 14.1 Å². The smallest absolute Gasteiger partial charge is 0.455 e. The van der Waals surface area contributed by atoms with Crippen molar-refractivity contribution >= 4 is 31.5 Å². The first-order valence-electron chi connectivity index (χ1n) is 5.92. The van der Waals surface area contributed by atoms with Gasteiger partial charge in [0.05, 0.1) is 5.56 Å². The zero-order valence-electron chi connectivity index (χ0n) is 10.0. The molecule has 5 nitrogen and oxygen atoms in total. The molecule has 0 bridgehead atoms. The van der Waals surface area contributed by atoms with Gasteiger partial charge in [0, 0.05) is 16.7 Å². The van der Waals surface area contributed by atoms with Gasteiger partial charge in [0.1, 0.15) is 0 Å². The molecule has 0 N–H and O–H groups in total. The van der Waals surface area contributed by atoms with E-state index in [0.717, 1.165) is 0 Å². The predicted molar refractivity (Wildman–Crippen MR) is 68.2 cm³/mol. The fraction of sp³-hybridized carbons (Fsp3) is 0. The van der Waals surface area contributed by atoms with Gasteiger partial charge in [0.15, 0.2) is 22.7 Å². The minimum Gasteiger partial charge on any atom is -0.455 e. The normalized spacial score (nSPS) is 13.4. The zero-order chi connectivity index (χ0) is 13.9. The van der Waals surface area contributed by atoms with E-state index < -0.39 is 8.80 Å². The van der Waals surface area contributed by atoms with Gasteiger partial charge in [-0.2, -0.15) is 0 Å². The SMILES string of the molecule is O=C1c2ccccc2C(=O)c2c1ccc1o[si](=O)oc21. The maximum atomic E-state index is 12.5. The molecule has 0 radical (unpaired) electrons. The molecule has 0 unspecified atom stereocenters. The molecule has 20 heavy (non-hydrogen) atoms. The quantitative estimate of drug-likeness (QED) is 0.462. The van der Waals surface area contributed by atoms with Crippen molar-refractivity contribution in [3.8, 4) is 0 Å². The monoisotopic (exact) mass is 282 g/mol. The molecule has 0 fully saturated rings. The molecule has 4 rings (SSSR count). The van der Waals surface area contributed by atoms with Crippen LogP contribution in [0.2, 0.25) is 0 Å². The van der Waals surface area contributed by atoms with Gasteiger partial charge < -0.3 is 8.19 Å². The van der Waals surface area contributed by atoms with Crippen molar-refractivity contribution in [2.75, 3.05) is 0 Å². The van der Waals surface area contributed by atoms with E-state index in [9.17, 15) is 14.1 Å². The van der Waals surface area contributed by atoms with Crippen LogP contribution in [0.15, 0.2) is 44.6 Å². The molecule has 3 aromatic rings. The summed E-state index contributed by atoms with van der Waals surface area (Å²) in [6, 6.07) is 9.62. The number of fused-ring (bicyclic) bond motifs is 4. The first-order valence-corrected chi connectivity index (χ1v) is 7.14. The summed E-state index contributed by atoms with van der Waals surface area (Å²) < 4.78 is 21.5. The summed E-state index contributed by atoms with van der Waals surface area (Å²) in [6.45, 7) is 0. The molecule has 0 amide bonds. The van der Waals surface area contributed by atoms with Crippen molar-refractivity contribution in [1.29, 1.82) is 0 Å². The number of hydrogen-bond donors (Lipinski definition) is 0. The van der Waals surface area contributed by atoms with Crippen LogP contribution in [-0.4, -0.2) is 20.4 Å². The Labute approximate surface area is 113 Å². The Balaban J connectivity index is 2.16. The van der Waals surface area contributed by atoms with Gasteiger partial charge in [0.2, 0.25) is 0 Å². The van der Waals surface area contributed by atoms with E-state index in [0.29, 0.717) is 11.1 Å². The molecule has 1 aliphatic rings. The lowest BCUT2D eigenvalue weighted by Crippen LogP contribution is -2.20. The highest BCUT2D eigenvalue weighted by Gasteiger charge is 2.32. The second-order valence-corrected chi connectivity index (χ2v) is 5.38. The second kappa shape index (κ2) is 3.70. The van der Waals surface area contributed by atoms with Crippen LogP contribution in [-0.2, 0) is 4.46 Å². The Morgan fingerprint density at radius 1 is 0.800 bits per heavy atom. The molecule has 6 heteroatoms. The fourth-order valence-corrected chi connectivity index (χ4v) is 3.26. The molecule has 96 valence electrons. The van der Waals surface area contributed by atoms with E-state index in [1.165, 1.54) is 12.1 Å². The number of carbonyl (C=O) groups is 2. The number of carbonyl (C=O) groups excluding carboxylic acids is 2. The lowest BCUT2D eigenvalue weighted by Gasteiger charge is -2.16. The molecule has 0 spiro atoms. The van der Waals surface area contributed by atoms with Crippen LogP contribution < -0.4 is 0 Å². The number of hydrogen-bond acceptors (Lipinski definition) is 5. The fourth-order valence-electron chi connectivity index (χ4n) is 2.51. The van der Waals surface area contributed by atoms with Crippen LogP contribution >= 0.6 is 0 Å². The summed E-state index contributed by atoms with van der Waals surface area (Å²) in [5, 5.41) is 0. The maximum absolute atomic E-state index is 12.5. The van der Waals surface area contributed by atoms with Crippen LogP contribution in [0.4, 0.5) is 0 Å². The van der Waals surface area contributed by atoms with E-state index in [-0.39, 0.29) is 33.9 Å². The Morgan fingerprint density at radius 2 is 1.50 bits per heavy atom. The highest BCUT2D eigenvalue weighted by atomic mass is 28.2. The van der Waals surface area contributed by atoms with Gasteiger partial charge in [-0.1, -0.05) is 24.3 Å². The Kier molecular flexibility index (Phi) is 2.08. The number of ketones is 2. The minimum atomic E-state index is -2.68. The highest BCUT2D eigenvalue weighted by molar-refractivity contribution is 6.32. The van der Waals surface area contributed by atoms with Crippen molar-refractivity contribution in [3.63, 3.8) is 0 Å². The lowest BCUT2D eigenvalue weighted by molar-refractivity contribution is 0.0979. The first-order chi connectivity index (χ1) is 9.66. The number of rotatable bonds is 0. The summed E-state index contributed by atoms with van der Waals surface area (Å²) in [6.07, 6.45) is 0. The van der Waals surface area contributed by atoms with Crippen LogP contribution in [0.25, 0.3) is 11.2 Å². The molecule has 1 aliphatic carbocycles. The van der Waals surface area contributed by atoms with E-state index in [1.54, 1.807) is 24.3 Å². The zero-order valence-corrected chi connectivity index (χ0v) is 11.0. The van der Waals surface area contributed by atoms with Crippen LogP contribution in [0.5, 0.6) is 0 Å². The van der Waals surface area contributed by atoms with E-state index >= 15 is 0 Å². The predicted octanol–water partition coefficient (Wildman–Crippen LogP) is 2.30. The van der Waals surface area contributed by atoms with Crippen molar-refractivity contribution in [3.05, 3.63) is 58.7 Å². The third-order valence-electron chi connectivity index (χ3n) is 3.39. The highest BCUT2D eigenvalue weighted by Crippen LogP contribution is 2.32. The van der Waals surface area contributed by atoms with Crippen molar-refractivity contribution < 1.29 is 22.2 Å². The average molecular weight is 282 g/mol. The molecular formula is C14H6O5Si. The van der Waals surface area contributed by atoms with E-state index in [2.05, 4.69) is 0 Å². The van der Waals surface area contributed by atoms with Crippen molar-refractivity contribution in [2.45, 2.75) is 0 Å². The first kappa shape index (κ1) is 11.2. The van der Waals surface area contributed by atoms with Crippen molar-refractivity contribution in [2.24, 2.45) is 0 Å². The summed E-state index contributed by atoms with van der Waals surface area (Å²) in [7, 11) is -2.68. The molecule has 1 aromatic heterocycles. The minimum absolute atomic E-state index is 0.110. The van der Waals surface area contributed by atoms with Crippen molar-refractivity contribution in [1.82, 2.24) is 0 Å². The average Bonchev–Trinajstić information content (AvgIpc) is 2.84. The summed E-state index contributed by atoms with van der Waals surface area (Å²) in [4.78, 5) is 25.0. The third-order valence-corrected chi connectivity index (χ3v) is 4.15. The van der Waals surface area contributed by atoms with E-state index in [1.807, 2.05) is 0 Å². The molecule has 0 atom stereocenters. The summed E-state index contributed by atoms with van der Waals surface area (Å²) >= 11 is 0. The summed E-state index contributed by atoms with van der Waals surface area (Å²) in [5.41, 5.74) is 1.45. The topological polar surface area (TPSA) is 77.5 Å². The van der Waals surface area contributed by atoms with Gasteiger partial charge in [-0.25, -0.2) is 0 Å². The molecular weight excluding hydrogens is 276 g/mol. The molecule has 0 aliphatic heterocycles. The van der Waals surface area contributed by atoms with Gasteiger partial charge in [-0.15, -0.1) is 0 Å². The Hall–Kier alpha value is -2.60.